The van der Waals surface area contributed by atoms with Crippen LogP contribution in [0.4, 0.5) is 0 Å². The molecule has 0 bridgehead atoms. The molecule has 0 atom stereocenters. The van der Waals surface area contributed by atoms with Crippen LogP contribution in [0.1, 0.15) is 219 Å². The van der Waals surface area contributed by atoms with Crippen LogP contribution in [-0.4, -0.2) is 132 Å². The molecule has 0 amide bonds. The molecule has 0 fully saturated rings. The first-order valence-electron chi connectivity index (χ1n) is 27.7. The zero-order valence-electron chi connectivity index (χ0n) is 42.9. The van der Waals surface area contributed by atoms with E-state index in [1.807, 2.05) is 0 Å². The lowest BCUT2D eigenvalue weighted by Crippen LogP contribution is -2.15. The monoisotopic (exact) mass is 919 g/mol. The van der Waals surface area contributed by atoms with E-state index in [0.29, 0.717) is 119 Å². The predicted octanol–water partition coefficient (Wildman–Crippen LogP) is 13.7. The van der Waals surface area contributed by atoms with Crippen LogP contribution >= 0.6 is 0 Å². The molecule has 10 heteroatoms. The van der Waals surface area contributed by atoms with Crippen molar-refractivity contribution in [1.29, 1.82) is 0 Å². The topological polar surface area (TPSA) is 92.3 Å². The van der Waals surface area contributed by atoms with Gasteiger partial charge in [0.15, 0.2) is 0 Å². The molecule has 0 unspecified atom stereocenters. The van der Waals surface area contributed by atoms with E-state index in [1.54, 1.807) is 0 Å². The maximum atomic E-state index is 5.71. The predicted molar refractivity (Wildman–Crippen MR) is 267 cm³/mol. The van der Waals surface area contributed by atoms with E-state index >= 15 is 0 Å². The highest BCUT2D eigenvalue weighted by molar-refractivity contribution is 4.52. The molecule has 0 N–H and O–H groups in total. The molecule has 10 nitrogen and oxygen atoms in total. The molecule has 0 saturated carbocycles. The summed E-state index contributed by atoms with van der Waals surface area (Å²) in [5.41, 5.74) is 0. The van der Waals surface area contributed by atoms with Gasteiger partial charge in [-0.3, -0.25) is 0 Å². The van der Waals surface area contributed by atoms with Crippen molar-refractivity contribution in [3.63, 3.8) is 0 Å². The highest BCUT2D eigenvalue weighted by Gasteiger charge is 1.99. The minimum absolute atomic E-state index is 0.536. The van der Waals surface area contributed by atoms with Crippen molar-refractivity contribution < 1.29 is 47.4 Å². The van der Waals surface area contributed by atoms with Gasteiger partial charge < -0.3 is 47.4 Å². The van der Waals surface area contributed by atoms with Gasteiger partial charge >= 0.3 is 0 Å². The fraction of sp³-hybridized carbons (Fsp3) is 1.00. The van der Waals surface area contributed by atoms with Crippen LogP contribution in [0.25, 0.3) is 0 Å². The first-order chi connectivity index (χ1) is 31.9. The Kier molecular flexibility index (Phi) is 62.2. The van der Waals surface area contributed by atoms with Gasteiger partial charge in [-0.05, 0) is 12.8 Å². The van der Waals surface area contributed by atoms with Crippen LogP contribution in [0.15, 0.2) is 0 Å². The summed E-state index contributed by atoms with van der Waals surface area (Å²) in [5.74, 6) is 0. The smallest absolute Gasteiger partial charge is 0.0701 e. The zero-order chi connectivity index (χ0) is 45.8. The van der Waals surface area contributed by atoms with Crippen LogP contribution < -0.4 is 0 Å². The molecule has 0 aliphatic rings. The summed E-state index contributed by atoms with van der Waals surface area (Å²) in [7, 11) is 0. The Balaban J connectivity index is 3.06. The summed E-state index contributed by atoms with van der Waals surface area (Å²) in [6.07, 6.45) is 44.5. The molecule has 0 aromatic carbocycles. The standard InChI is InChI=1S/C54H110O10/c1-3-5-7-9-11-13-15-17-19-21-23-25-27-29-31-33-35-55-37-39-57-41-43-59-45-47-61-49-51-63-53-54-64-52-50-62-48-46-60-44-42-58-40-38-56-36-34-32-30-28-26-24-22-20-18-16-14-12-10-8-6-4-2/h3-54H2,1-2H3. The molecule has 64 heavy (non-hydrogen) atoms. The molecule has 0 spiro atoms. The van der Waals surface area contributed by atoms with Crippen molar-refractivity contribution in [2.75, 3.05) is 132 Å². The van der Waals surface area contributed by atoms with Crippen LogP contribution in [-0.2, 0) is 47.4 Å². The highest BCUT2D eigenvalue weighted by atomic mass is 16.6. The number of rotatable bonds is 61. The van der Waals surface area contributed by atoms with Crippen LogP contribution in [0.3, 0.4) is 0 Å². The third-order valence-electron chi connectivity index (χ3n) is 11.6. The average molecular weight is 919 g/mol. The molecule has 0 rings (SSSR count). The van der Waals surface area contributed by atoms with E-state index in [2.05, 4.69) is 13.8 Å². The van der Waals surface area contributed by atoms with Crippen molar-refractivity contribution in [2.24, 2.45) is 0 Å². The molecule has 0 aromatic rings. The Morgan fingerprint density at radius 1 is 0.125 bits per heavy atom. The van der Waals surface area contributed by atoms with Gasteiger partial charge in [-0.1, -0.05) is 206 Å². The summed E-state index contributed by atoms with van der Waals surface area (Å²) >= 11 is 0. The average Bonchev–Trinajstić information content (AvgIpc) is 3.31. The van der Waals surface area contributed by atoms with Crippen molar-refractivity contribution in [3.8, 4) is 0 Å². The van der Waals surface area contributed by atoms with Gasteiger partial charge in [0.1, 0.15) is 0 Å². The summed E-state index contributed by atoms with van der Waals surface area (Å²) in [6, 6.07) is 0. The van der Waals surface area contributed by atoms with Crippen LogP contribution in [0.2, 0.25) is 0 Å². The first-order valence-corrected chi connectivity index (χ1v) is 27.7. The summed E-state index contributed by atoms with van der Waals surface area (Å²) in [4.78, 5) is 0. The number of ether oxygens (including phenoxy) is 10. The van der Waals surface area contributed by atoms with E-state index in [4.69, 9.17) is 47.4 Å². The lowest BCUT2D eigenvalue weighted by molar-refractivity contribution is -0.0264. The van der Waals surface area contributed by atoms with E-state index in [1.165, 1.54) is 193 Å². The maximum absolute atomic E-state index is 5.71. The second-order valence-corrected chi connectivity index (χ2v) is 17.7. The fourth-order valence-electron chi connectivity index (χ4n) is 7.59. The Morgan fingerprint density at radius 2 is 0.234 bits per heavy atom. The number of unbranched alkanes of at least 4 members (excludes halogenated alkanes) is 30. The Bertz CT molecular complexity index is 716. The first kappa shape index (κ1) is 63.6. The van der Waals surface area contributed by atoms with Gasteiger partial charge in [0.25, 0.3) is 0 Å². The summed E-state index contributed by atoms with van der Waals surface area (Å²) < 4.78 is 56.0. The molecule has 0 aliphatic heterocycles. The van der Waals surface area contributed by atoms with E-state index in [-0.39, 0.29) is 0 Å². The van der Waals surface area contributed by atoms with Crippen molar-refractivity contribution in [2.45, 2.75) is 219 Å². The molecule has 0 heterocycles. The van der Waals surface area contributed by atoms with Crippen molar-refractivity contribution in [3.05, 3.63) is 0 Å². The van der Waals surface area contributed by atoms with Gasteiger partial charge in [0.2, 0.25) is 0 Å². The molecule has 0 aromatic heterocycles. The minimum Gasteiger partial charge on any atom is -0.379 e. The third kappa shape index (κ3) is 61.6. The second-order valence-electron chi connectivity index (χ2n) is 17.7. The Morgan fingerprint density at radius 3 is 0.375 bits per heavy atom. The van der Waals surface area contributed by atoms with Gasteiger partial charge in [-0.25, -0.2) is 0 Å². The second kappa shape index (κ2) is 62.6. The van der Waals surface area contributed by atoms with E-state index in [0.717, 1.165) is 26.1 Å². The van der Waals surface area contributed by atoms with Crippen molar-refractivity contribution in [1.82, 2.24) is 0 Å². The van der Waals surface area contributed by atoms with Gasteiger partial charge in [0.05, 0.1) is 119 Å². The maximum Gasteiger partial charge on any atom is 0.0701 e. The van der Waals surface area contributed by atoms with Gasteiger partial charge in [-0.15, -0.1) is 0 Å². The SMILES string of the molecule is CCCCCCCCCCCCCCCCCCOCCOCCOCCOCCOCCOCCOCCOCCOCCOCCCCCCCCCCCCCCCCCC. The largest absolute Gasteiger partial charge is 0.379 e. The lowest BCUT2D eigenvalue weighted by atomic mass is 10.0. The highest BCUT2D eigenvalue weighted by Crippen LogP contribution is 2.15. The quantitative estimate of drug-likeness (QED) is 0.0549. The van der Waals surface area contributed by atoms with E-state index in [9.17, 15) is 0 Å². The Labute approximate surface area is 397 Å². The zero-order valence-corrected chi connectivity index (χ0v) is 42.9. The van der Waals surface area contributed by atoms with Crippen LogP contribution in [0, 0.1) is 0 Å². The molecular formula is C54H110O10. The normalized spacial score (nSPS) is 11.7. The summed E-state index contributed by atoms with van der Waals surface area (Å²) in [5, 5.41) is 0. The Hall–Kier alpha value is -0.400. The lowest BCUT2D eigenvalue weighted by Gasteiger charge is -2.09. The minimum atomic E-state index is 0.536. The molecule has 386 valence electrons. The molecule has 0 aliphatic carbocycles. The number of hydrogen-bond donors (Lipinski definition) is 0. The molecule has 0 saturated heterocycles. The molecular weight excluding hydrogens is 809 g/mol. The van der Waals surface area contributed by atoms with E-state index < -0.39 is 0 Å². The summed E-state index contributed by atoms with van der Waals surface area (Å²) in [6.45, 7) is 16.5. The van der Waals surface area contributed by atoms with Gasteiger partial charge in [-0.2, -0.15) is 0 Å². The molecule has 0 radical (unpaired) electrons. The van der Waals surface area contributed by atoms with Crippen molar-refractivity contribution >= 4 is 0 Å². The number of hydrogen-bond acceptors (Lipinski definition) is 10. The third-order valence-corrected chi connectivity index (χ3v) is 11.6. The van der Waals surface area contributed by atoms with Gasteiger partial charge in [0, 0.05) is 13.2 Å². The fourth-order valence-corrected chi connectivity index (χ4v) is 7.59. The van der Waals surface area contributed by atoms with Crippen LogP contribution in [0.5, 0.6) is 0 Å².